The van der Waals surface area contributed by atoms with Crippen LogP contribution in [0.5, 0.6) is 0 Å². The van der Waals surface area contributed by atoms with Gasteiger partial charge in [0.05, 0.1) is 10.6 Å². The van der Waals surface area contributed by atoms with Crippen LogP contribution < -0.4 is 5.32 Å². The predicted molar refractivity (Wildman–Crippen MR) is 134 cm³/mol. The van der Waals surface area contributed by atoms with E-state index in [1.54, 1.807) is 12.1 Å². The summed E-state index contributed by atoms with van der Waals surface area (Å²) < 4.78 is 25.9. The predicted octanol–water partition coefficient (Wildman–Crippen LogP) is 2.24. The number of halogens is 1. The summed E-state index contributed by atoms with van der Waals surface area (Å²) >= 11 is 5.81. The number of carbonyl (C=O) groups is 4. The number of nitrogens with one attached hydrogen (secondary N) is 1. The monoisotopic (exact) mass is 551 g/mol. The molecule has 0 saturated carbocycles. The van der Waals surface area contributed by atoms with Crippen molar-refractivity contribution in [1.29, 1.82) is 0 Å². The summed E-state index contributed by atoms with van der Waals surface area (Å²) in [6, 6.07) is 10.4. The van der Waals surface area contributed by atoms with Crippen LogP contribution in [0.25, 0.3) is 0 Å². The lowest BCUT2D eigenvalue weighted by Crippen LogP contribution is -2.48. The fourth-order valence-electron chi connectivity index (χ4n) is 3.66. The summed E-state index contributed by atoms with van der Waals surface area (Å²) in [5.41, 5.74) is -3.32. The van der Waals surface area contributed by atoms with Crippen molar-refractivity contribution in [3.63, 3.8) is 0 Å². The molecule has 1 unspecified atom stereocenters. The number of carboxylic acids is 1. The van der Waals surface area contributed by atoms with Gasteiger partial charge in [-0.2, -0.15) is 0 Å². The number of benzene rings is 2. The molecule has 1 aliphatic rings. The van der Waals surface area contributed by atoms with Crippen molar-refractivity contribution >= 4 is 50.9 Å². The molecule has 11 nitrogen and oxygen atoms in total. The van der Waals surface area contributed by atoms with Gasteiger partial charge in [0.1, 0.15) is 5.54 Å². The lowest BCUT2D eigenvalue weighted by Gasteiger charge is -2.25. The van der Waals surface area contributed by atoms with Gasteiger partial charge in [-0.25, -0.2) is 18.0 Å². The highest BCUT2D eigenvalue weighted by atomic mass is 35.5. The number of amides is 4. The van der Waals surface area contributed by atoms with E-state index in [-0.39, 0.29) is 10.6 Å². The van der Waals surface area contributed by atoms with Crippen LogP contribution in [0.3, 0.4) is 0 Å². The van der Waals surface area contributed by atoms with Gasteiger partial charge in [-0.15, -0.1) is 0 Å². The topological polar surface area (TPSA) is 161 Å². The molecule has 4 amide bonds. The molecule has 1 aliphatic heterocycles. The minimum absolute atomic E-state index is 0.283. The van der Waals surface area contributed by atoms with Crippen LogP contribution in [0.15, 0.2) is 53.4 Å². The molecule has 0 bridgehead atoms. The van der Waals surface area contributed by atoms with Crippen LogP contribution >= 0.6 is 11.6 Å². The Hall–Kier alpha value is -3.48. The molecular weight excluding hydrogens is 526 g/mol. The summed E-state index contributed by atoms with van der Waals surface area (Å²) in [7, 11) is -2.92. The summed E-state index contributed by atoms with van der Waals surface area (Å²) in [6.45, 7) is 2.55. The highest BCUT2D eigenvalue weighted by molar-refractivity contribution is 7.91. The summed E-state index contributed by atoms with van der Waals surface area (Å²) in [6.07, 6.45) is -0.696. The van der Waals surface area contributed by atoms with Gasteiger partial charge in [0.2, 0.25) is 0 Å². The molecule has 0 aromatic heterocycles. The van der Waals surface area contributed by atoms with Gasteiger partial charge >= 0.3 is 12.0 Å². The van der Waals surface area contributed by atoms with Gasteiger partial charge in [0.25, 0.3) is 11.8 Å². The molecule has 0 radical (unpaired) electrons. The van der Waals surface area contributed by atoms with Crippen molar-refractivity contribution in [3.05, 3.63) is 59.1 Å². The molecule has 0 spiro atoms. The number of carbonyl (C=O) groups excluding carboxylic acids is 3. The lowest BCUT2D eigenvalue weighted by atomic mass is 10.0. The van der Waals surface area contributed by atoms with Crippen molar-refractivity contribution in [1.82, 2.24) is 9.80 Å². The average Bonchev–Trinajstić information content (AvgIpc) is 2.97. The van der Waals surface area contributed by atoms with E-state index in [4.69, 9.17) is 11.6 Å². The van der Waals surface area contributed by atoms with E-state index < -0.39 is 63.5 Å². The van der Waals surface area contributed by atoms with Crippen molar-refractivity contribution in [3.8, 4) is 0 Å². The van der Waals surface area contributed by atoms with Crippen molar-refractivity contribution < 1.29 is 37.8 Å². The molecule has 2 aromatic carbocycles. The zero-order valence-corrected chi connectivity index (χ0v) is 21.8. The number of likely N-dealkylation sites (N-methyl/N-ethyl adjacent to an activating group) is 1. The van der Waals surface area contributed by atoms with E-state index in [1.165, 1.54) is 62.2 Å². The first kappa shape index (κ1) is 28.1. The van der Waals surface area contributed by atoms with Crippen LogP contribution in [0.2, 0.25) is 5.02 Å². The normalized spacial score (nSPS) is 17.0. The van der Waals surface area contributed by atoms with Gasteiger partial charge in [-0.05, 0) is 62.4 Å². The lowest BCUT2D eigenvalue weighted by molar-refractivity contribution is -0.157. The Morgan fingerprint density at radius 2 is 1.62 bits per heavy atom. The Morgan fingerprint density at radius 1 is 1.05 bits per heavy atom. The zero-order chi connectivity index (χ0) is 27.8. The maximum absolute atomic E-state index is 12.9. The van der Waals surface area contributed by atoms with Crippen molar-refractivity contribution in [2.45, 2.75) is 36.3 Å². The Bertz CT molecular complexity index is 1340. The van der Waals surface area contributed by atoms with Crippen LogP contribution in [-0.4, -0.2) is 82.7 Å². The molecule has 13 heteroatoms. The SMILES string of the molecule is CN1C(=O)N(CCC(O)(CS(=O)(=O)c2ccc(NC(=O)c3ccc(Cl)cc3)cc2)C(=O)O)C(=O)C1(C)C. The van der Waals surface area contributed by atoms with Gasteiger partial charge in [-0.3, -0.25) is 14.5 Å². The minimum atomic E-state index is -4.33. The summed E-state index contributed by atoms with van der Waals surface area (Å²) in [5.74, 6) is -4.05. The molecule has 0 aliphatic carbocycles. The third kappa shape index (κ3) is 5.76. The number of nitrogens with zero attached hydrogens (tertiary/aromatic N) is 2. The maximum atomic E-state index is 12.9. The quantitative estimate of drug-likeness (QED) is 0.400. The summed E-state index contributed by atoms with van der Waals surface area (Å²) in [4.78, 5) is 50.8. The zero-order valence-electron chi connectivity index (χ0n) is 20.3. The van der Waals surface area contributed by atoms with E-state index in [0.29, 0.717) is 10.6 Å². The Morgan fingerprint density at radius 3 is 2.11 bits per heavy atom. The number of carboxylic acid groups (broad SMARTS) is 1. The molecule has 1 fully saturated rings. The number of imide groups is 1. The molecule has 198 valence electrons. The molecule has 1 saturated heterocycles. The van der Waals surface area contributed by atoms with Crippen LogP contribution in [0.4, 0.5) is 10.5 Å². The van der Waals surface area contributed by atoms with E-state index in [0.717, 1.165) is 4.90 Å². The number of aliphatic hydroxyl groups is 1. The second-order valence-corrected chi connectivity index (χ2v) is 11.6. The number of rotatable bonds is 9. The fraction of sp³-hybridized carbons (Fsp3) is 0.333. The van der Waals surface area contributed by atoms with Crippen molar-refractivity contribution in [2.24, 2.45) is 0 Å². The highest BCUT2D eigenvalue weighted by Crippen LogP contribution is 2.28. The first-order chi connectivity index (χ1) is 17.1. The molecule has 1 heterocycles. The number of urea groups is 1. The average molecular weight is 552 g/mol. The number of hydrogen-bond donors (Lipinski definition) is 3. The minimum Gasteiger partial charge on any atom is -0.479 e. The van der Waals surface area contributed by atoms with Gasteiger partial charge < -0.3 is 20.4 Å². The van der Waals surface area contributed by atoms with Gasteiger partial charge in [0, 0.05) is 36.3 Å². The van der Waals surface area contributed by atoms with E-state index in [1.807, 2.05) is 0 Å². The Balaban J connectivity index is 1.72. The van der Waals surface area contributed by atoms with E-state index in [9.17, 15) is 37.8 Å². The molecule has 1 atom stereocenters. The maximum Gasteiger partial charge on any atom is 0.336 e. The number of sulfone groups is 1. The largest absolute Gasteiger partial charge is 0.479 e. The molecule has 37 heavy (non-hydrogen) atoms. The second-order valence-electron chi connectivity index (χ2n) is 9.19. The molecule has 3 rings (SSSR count). The number of aliphatic carboxylic acids is 1. The first-order valence-corrected chi connectivity index (χ1v) is 13.1. The molecular formula is C24H26ClN3O8S. The summed E-state index contributed by atoms with van der Waals surface area (Å²) in [5, 5.41) is 23.4. The smallest absolute Gasteiger partial charge is 0.336 e. The fourth-order valence-corrected chi connectivity index (χ4v) is 5.40. The standard InChI is InChI=1S/C24H26ClN3O8S/c1-23(2)20(30)28(22(33)27(23)3)13-12-24(34,21(31)32)14-37(35,36)18-10-8-17(9-11-18)26-19(29)15-4-6-16(25)7-5-15/h4-11,34H,12-14H2,1-3H3,(H,26,29)(H,31,32). The third-order valence-corrected chi connectivity index (χ3v) is 8.38. The first-order valence-electron chi connectivity index (χ1n) is 11.0. The molecule has 2 aromatic rings. The van der Waals surface area contributed by atoms with Crippen LogP contribution in [-0.2, 0) is 19.4 Å². The third-order valence-electron chi connectivity index (χ3n) is 6.28. The Kier molecular flexibility index (Phi) is 7.68. The van der Waals surface area contributed by atoms with Crippen LogP contribution in [0.1, 0.15) is 30.6 Å². The highest BCUT2D eigenvalue weighted by Gasteiger charge is 2.50. The second kappa shape index (κ2) is 10.1. The van der Waals surface area contributed by atoms with E-state index in [2.05, 4.69) is 5.32 Å². The van der Waals surface area contributed by atoms with Crippen LogP contribution in [0, 0.1) is 0 Å². The number of hydrogen-bond acceptors (Lipinski definition) is 7. The van der Waals surface area contributed by atoms with Gasteiger partial charge in [-0.1, -0.05) is 11.6 Å². The van der Waals surface area contributed by atoms with E-state index >= 15 is 0 Å². The number of anilines is 1. The van der Waals surface area contributed by atoms with Crippen molar-refractivity contribution in [2.75, 3.05) is 24.7 Å². The Labute approximate surface area is 218 Å². The molecule has 3 N–H and O–H groups in total. The van der Waals surface area contributed by atoms with Gasteiger partial charge in [0.15, 0.2) is 15.4 Å².